The summed E-state index contributed by atoms with van der Waals surface area (Å²) >= 11 is 5.71. The van der Waals surface area contributed by atoms with Gasteiger partial charge in [0.1, 0.15) is 11.6 Å². The topological polar surface area (TPSA) is 38.1 Å². The summed E-state index contributed by atoms with van der Waals surface area (Å²) in [6, 6.07) is 11.6. The third kappa shape index (κ3) is 3.22. The number of hydrogen-bond acceptors (Lipinski definition) is 3. The maximum absolute atomic E-state index is 14.0. The highest BCUT2D eigenvalue weighted by atomic mass is 35.5. The van der Waals surface area contributed by atoms with Crippen LogP contribution in [0.4, 0.5) is 8.78 Å². The summed E-state index contributed by atoms with van der Waals surface area (Å²) < 4.78 is 27.9. The SMILES string of the molecule is Fc1cccc(F)c1C1=NC(c2ccc(-c3cnc(Cl)nc3)cc2)CC1. The lowest BCUT2D eigenvalue weighted by molar-refractivity contribution is 0.578. The summed E-state index contributed by atoms with van der Waals surface area (Å²) in [5.41, 5.74) is 3.32. The Hall–Kier alpha value is -2.66. The molecule has 2 heterocycles. The molecule has 0 radical (unpaired) electrons. The van der Waals surface area contributed by atoms with Gasteiger partial charge in [0.15, 0.2) is 0 Å². The molecule has 1 aliphatic rings. The first-order valence-corrected chi connectivity index (χ1v) is 8.58. The van der Waals surface area contributed by atoms with Gasteiger partial charge in [0, 0.05) is 23.7 Å². The fourth-order valence-electron chi connectivity index (χ4n) is 3.15. The van der Waals surface area contributed by atoms with Gasteiger partial charge in [-0.15, -0.1) is 0 Å². The number of aromatic nitrogens is 2. The first-order chi connectivity index (χ1) is 12.6. The number of hydrogen-bond donors (Lipinski definition) is 0. The van der Waals surface area contributed by atoms with Crippen molar-refractivity contribution >= 4 is 17.3 Å². The van der Waals surface area contributed by atoms with Crippen LogP contribution in [0.5, 0.6) is 0 Å². The van der Waals surface area contributed by atoms with Crippen molar-refractivity contribution in [1.82, 2.24) is 9.97 Å². The molecule has 2 aromatic carbocycles. The van der Waals surface area contributed by atoms with Crippen LogP contribution in [-0.2, 0) is 0 Å². The van der Waals surface area contributed by atoms with Gasteiger partial charge in [-0.2, -0.15) is 0 Å². The molecule has 0 saturated carbocycles. The molecule has 1 aliphatic heterocycles. The summed E-state index contributed by atoms with van der Waals surface area (Å²) in [5, 5.41) is 0.207. The van der Waals surface area contributed by atoms with Crippen LogP contribution in [0.25, 0.3) is 11.1 Å². The third-order valence-electron chi connectivity index (χ3n) is 4.47. The Kier molecular flexibility index (Phi) is 4.47. The zero-order valence-electron chi connectivity index (χ0n) is 13.7. The van der Waals surface area contributed by atoms with Gasteiger partial charge in [-0.3, -0.25) is 4.99 Å². The summed E-state index contributed by atoms with van der Waals surface area (Å²) in [6.07, 6.45) is 4.61. The van der Waals surface area contributed by atoms with E-state index in [1.807, 2.05) is 24.3 Å². The normalized spacial score (nSPS) is 16.6. The van der Waals surface area contributed by atoms with Gasteiger partial charge >= 0.3 is 0 Å². The van der Waals surface area contributed by atoms with Crippen molar-refractivity contribution in [1.29, 1.82) is 0 Å². The predicted octanol–water partition coefficient (Wildman–Crippen LogP) is 5.40. The first-order valence-electron chi connectivity index (χ1n) is 8.21. The maximum atomic E-state index is 14.0. The zero-order valence-corrected chi connectivity index (χ0v) is 14.4. The van der Waals surface area contributed by atoms with Crippen molar-refractivity contribution in [2.24, 2.45) is 4.99 Å². The molecule has 0 amide bonds. The monoisotopic (exact) mass is 369 g/mol. The molecule has 0 aliphatic carbocycles. The molecular formula is C20H14ClF2N3. The highest BCUT2D eigenvalue weighted by Crippen LogP contribution is 2.33. The molecule has 0 saturated heterocycles. The summed E-state index contributed by atoms with van der Waals surface area (Å²) in [5.74, 6) is -1.13. The Morgan fingerprint density at radius 1 is 0.885 bits per heavy atom. The van der Waals surface area contributed by atoms with Crippen LogP contribution in [0, 0.1) is 11.6 Å². The number of nitrogens with zero attached hydrogens (tertiary/aromatic N) is 3. The highest BCUT2D eigenvalue weighted by molar-refractivity contribution is 6.28. The molecule has 1 atom stereocenters. The largest absolute Gasteiger partial charge is 0.281 e. The van der Waals surface area contributed by atoms with E-state index in [0.717, 1.165) is 23.1 Å². The van der Waals surface area contributed by atoms with Gasteiger partial charge in [-0.05, 0) is 47.7 Å². The Balaban J connectivity index is 1.59. The van der Waals surface area contributed by atoms with Crippen molar-refractivity contribution < 1.29 is 8.78 Å². The first kappa shape index (κ1) is 16.8. The van der Waals surface area contributed by atoms with Crippen molar-refractivity contribution in [3.63, 3.8) is 0 Å². The van der Waals surface area contributed by atoms with Crippen molar-refractivity contribution in [3.05, 3.63) is 82.9 Å². The summed E-state index contributed by atoms with van der Waals surface area (Å²) in [4.78, 5) is 12.5. The Morgan fingerprint density at radius 3 is 2.19 bits per heavy atom. The second kappa shape index (κ2) is 6.92. The maximum Gasteiger partial charge on any atom is 0.222 e. The van der Waals surface area contributed by atoms with E-state index in [-0.39, 0.29) is 16.9 Å². The van der Waals surface area contributed by atoms with Gasteiger partial charge in [0.05, 0.1) is 11.6 Å². The van der Waals surface area contributed by atoms with E-state index in [2.05, 4.69) is 15.0 Å². The van der Waals surface area contributed by atoms with Crippen LogP contribution < -0.4 is 0 Å². The Morgan fingerprint density at radius 2 is 1.54 bits per heavy atom. The van der Waals surface area contributed by atoms with Gasteiger partial charge in [0.25, 0.3) is 0 Å². The molecule has 6 heteroatoms. The number of aliphatic imine (C=N–C) groups is 1. The summed E-state index contributed by atoms with van der Waals surface area (Å²) in [6.45, 7) is 0. The molecule has 0 spiro atoms. The van der Waals surface area contributed by atoms with Gasteiger partial charge < -0.3 is 0 Å². The molecule has 3 aromatic rings. The van der Waals surface area contributed by atoms with E-state index in [1.165, 1.54) is 18.2 Å². The smallest absolute Gasteiger partial charge is 0.222 e. The second-order valence-corrected chi connectivity index (χ2v) is 6.43. The van der Waals surface area contributed by atoms with Crippen molar-refractivity contribution in [2.75, 3.05) is 0 Å². The number of benzene rings is 2. The Bertz CT molecular complexity index is 949. The van der Waals surface area contributed by atoms with E-state index < -0.39 is 11.6 Å². The molecular weight excluding hydrogens is 356 g/mol. The molecule has 3 nitrogen and oxygen atoms in total. The van der Waals surface area contributed by atoms with Crippen LogP contribution in [0.2, 0.25) is 5.28 Å². The molecule has 0 bridgehead atoms. The lowest BCUT2D eigenvalue weighted by atomic mass is 10.0. The quantitative estimate of drug-likeness (QED) is 0.580. The van der Waals surface area contributed by atoms with E-state index in [1.54, 1.807) is 12.4 Å². The molecule has 130 valence electrons. The van der Waals surface area contributed by atoms with Gasteiger partial charge in [0.2, 0.25) is 5.28 Å². The Labute approximate surface area is 154 Å². The van der Waals surface area contributed by atoms with Gasteiger partial charge in [-0.1, -0.05) is 30.3 Å². The minimum absolute atomic E-state index is 0.00932. The zero-order chi connectivity index (χ0) is 18.1. The lowest BCUT2D eigenvalue weighted by Crippen LogP contribution is -2.03. The molecule has 26 heavy (non-hydrogen) atoms. The fourth-order valence-corrected chi connectivity index (χ4v) is 3.25. The molecule has 0 N–H and O–H groups in total. The average Bonchev–Trinajstić information content (AvgIpc) is 3.12. The number of halogens is 3. The minimum Gasteiger partial charge on any atom is -0.281 e. The van der Waals surface area contributed by atoms with Crippen LogP contribution in [0.3, 0.4) is 0 Å². The van der Waals surface area contributed by atoms with Crippen LogP contribution >= 0.6 is 11.6 Å². The predicted molar refractivity (Wildman–Crippen MR) is 97.3 cm³/mol. The van der Waals surface area contributed by atoms with Crippen LogP contribution in [0.15, 0.2) is 59.9 Å². The van der Waals surface area contributed by atoms with E-state index in [9.17, 15) is 8.78 Å². The van der Waals surface area contributed by atoms with Crippen molar-refractivity contribution in [3.8, 4) is 11.1 Å². The number of rotatable bonds is 3. The van der Waals surface area contributed by atoms with Crippen LogP contribution in [-0.4, -0.2) is 15.7 Å². The minimum atomic E-state index is -0.567. The fraction of sp³-hybridized carbons (Fsp3) is 0.150. The molecule has 1 aromatic heterocycles. The van der Waals surface area contributed by atoms with Gasteiger partial charge in [-0.25, -0.2) is 18.7 Å². The standard InChI is InChI=1S/C20H14ClF2N3/c21-20-24-10-14(11-25-20)12-4-6-13(7-5-12)17-8-9-18(26-17)19-15(22)2-1-3-16(19)23/h1-7,10-11,17H,8-9H2. The lowest BCUT2D eigenvalue weighted by Gasteiger charge is -2.08. The molecule has 0 fully saturated rings. The van der Waals surface area contributed by atoms with E-state index in [4.69, 9.17) is 11.6 Å². The third-order valence-corrected chi connectivity index (χ3v) is 4.66. The highest BCUT2D eigenvalue weighted by Gasteiger charge is 2.24. The summed E-state index contributed by atoms with van der Waals surface area (Å²) in [7, 11) is 0. The van der Waals surface area contributed by atoms with E-state index in [0.29, 0.717) is 12.1 Å². The van der Waals surface area contributed by atoms with Crippen LogP contribution in [0.1, 0.15) is 30.0 Å². The van der Waals surface area contributed by atoms with E-state index >= 15 is 0 Å². The molecule has 4 rings (SSSR count). The molecule has 1 unspecified atom stereocenters. The second-order valence-electron chi connectivity index (χ2n) is 6.09. The average molecular weight is 370 g/mol. The van der Waals surface area contributed by atoms with Crippen molar-refractivity contribution in [2.45, 2.75) is 18.9 Å².